The van der Waals surface area contributed by atoms with Crippen LogP contribution in [0.25, 0.3) is 0 Å². The van der Waals surface area contributed by atoms with E-state index in [1.807, 2.05) is 13.8 Å². The zero-order chi connectivity index (χ0) is 9.40. The van der Waals surface area contributed by atoms with Crippen LogP contribution in [0, 0.1) is 0 Å². The molecule has 70 valence electrons. The van der Waals surface area contributed by atoms with Gasteiger partial charge >= 0.3 is 5.97 Å². The van der Waals surface area contributed by atoms with Gasteiger partial charge in [0, 0.05) is 0 Å². The molecule has 0 aliphatic carbocycles. The van der Waals surface area contributed by atoms with Gasteiger partial charge in [0.1, 0.15) is 6.10 Å². The van der Waals surface area contributed by atoms with Crippen LogP contribution in [-0.2, 0) is 14.6 Å². The van der Waals surface area contributed by atoms with E-state index in [0.717, 1.165) is 6.42 Å². The van der Waals surface area contributed by atoms with Gasteiger partial charge in [-0.15, -0.1) is 6.58 Å². The highest BCUT2D eigenvalue weighted by Gasteiger charge is 2.05. The number of carbonyl (C=O) groups is 1. The minimum atomic E-state index is -0.338. The fraction of sp³-hybridized carbons (Fsp3) is 0.667. The average Bonchev–Trinajstić information content (AvgIpc) is 2.10. The van der Waals surface area contributed by atoms with Crippen molar-refractivity contribution < 1.29 is 14.6 Å². The molecule has 0 aliphatic heterocycles. The predicted octanol–water partition coefficient (Wildman–Crippen LogP) is 2.23. The molecule has 0 rings (SSSR count). The van der Waals surface area contributed by atoms with Gasteiger partial charge in [-0.2, -0.15) is 4.89 Å². The first-order chi connectivity index (χ1) is 5.70. The lowest BCUT2D eigenvalue weighted by atomic mass is 10.3. The van der Waals surface area contributed by atoms with E-state index in [1.54, 1.807) is 6.08 Å². The Kier molecular flexibility index (Phi) is 6.38. The molecule has 3 nitrogen and oxygen atoms in total. The fourth-order valence-corrected chi connectivity index (χ4v) is 0.465. The van der Waals surface area contributed by atoms with Gasteiger partial charge in [-0.25, -0.2) is 4.79 Å². The Morgan fingerprint density at radius 1 is 1.67 bits per heavy atom. The lowest BCUT2D eigenvalue weighted by Gasteiger charge is -2.07. The molecule has 1 unspecified atom stereocenters. The third kappa shape index (κ3) is 5.92. The molecule has 12 heavy (non-hydrogen) atoms. The standard InChI is InChI=1S/C9H16O3/c1-4-6-7-9(10)12-11-8(3)5-2/h4,8H,1,5-7H2,2-3H3. The minimum absolute atomic E-state index is 0.0299. The Morgan fingerprint density at radius 2 is 2.33 bits per heavy atom. The van der Waals surface area contributed by atoms with Gasteiger partial charge in [-0.05, 0) is 19.8 Å². The number of carbonyl (C=O) groups excluding carboxylic acids is 1. The van der Waals surface area contributed by atoms with Crippen LogP contribution in [0.3, 0.4) is 0 Å². The molecular weight excluding hydrogens is 156 g/mol. The van der Waals surface area contributed by atoms with E-state index in [0.29, 0.717) is 12.8 Å². The summed E-state index contributed by atoms with van der Waals surface area (Å²) >= 11 is 0. The SMILES string of the molecule is C=CCCC(=O)OOC(C)CC. The molecule has 0 aromatic heterocycles. The van der Waals surface area contributed by atoms with Crippen LogP contribution in [0.5, 0.6) is 0 Å². The Hall–Kier alpha value is -0.830. The maximum atomic E-state index is 10.8. The Labute approximate surface area is 73.3 Å². The highest BCUT2D eigenvalue weighted by molar-refractivity contribution is 5.68. The Bertz CT molecular complexity index is 143. The molecule has 0 radical (unpaired) electrons. The second-order valence-electron chi connectivity index (χ2n) is 2.60. The van der Waals surface area contributed by atoms with Crippen LogP contribution in [-0.4, -0.2) is 12.1 Å². The van der Waals surface area contributed by atoms with Gasteiger partial charge in [0.2, 0.25) is 0 Å². The Morgan fingerprint density at radius 3 is 2.83 bits per heavy atom. The van der Waals surface area contributed by atoms with Crippen LogP contribution >= 0.6 is 0 Å². The first kappa shape index (κ1) is 11.2. The first-order valence-electron chi connectivity index (χ1n) is 4.17. The Balaban J connectivity index is 3.36. The smallest absolute Gasteiger partial charge is 0.298 e. The number of allylic oxidation sites excluding steroid dienone is 1. The number of hydrogen-bond acceptors (Lipinski definition) is 3. The number of hydrogen-bond donors (Lipinski definition) is 0. The summed E-state index contributed by atoms with van der Waals surface area (Å²) in [4.78, 5) is 20.1. The molecule has 0 heterocycles. The summed E-state index contributed by atoms with van der Waals surface area (Å²) in [5.41, 5.74) is 0. The summed E-state index contributed by atoms with van der Waals surface area (Å²) in [5.74, 6) is -0.338. The van der Waals surface area contributed by atoms with Crippen molar-refractivity contribution in [3.8, 4) is 0 Å². The molecule has 0 aromatic carbocycles. The molecule has 3 heteroatoms. The molecule has 0 bridgehead atoms. The molecule has 0 aliphatic rings. The fourth-order valence-electron chi connectivity index (χ4n) is 0.465. The summed E-state index contributed by atoms with van der Waals surface area (Å²) in [7, 11) is 0. The van der Waals surface area contributed by atoms with Crippen molar-refractivity contribution in [3.63, 3.8) is 0 Å². The lowest BCUT2D eigenvalue weighted by Crippen LogP contribution is -2.12. The van der Waals surface area contributed by atoms with Gasteiger partial charge < -0.3 is 0 Å². The third-order valence-corrected chi connectivity index (χ3v) is 1.43. The van der Waals surface area contributed by atoms with E-state index in [9.17, 15) is 4.79 Å². The minimum Gasteiger partial charge on any atom is -0.298 e. The quantitative estimate of drug-likeness (QED) is 0.350. The average molecular weight is 172 g/mol. The first-order valence-corrected chi connectivity index (χ1v) is 4.17. The van der Waals surface area contributed by atoms with E-state index in [4.69, 9.17) is 4.89 Å². The molecule has 0 fully saturated rings. The molecule has 0 aromatic rings. The van der Waals surface area contributed by atoms with Crippen molar-refractivity contribution in [2.45, 2.75) is 39.2 Å². The van der Waals surface area contributed by atoms with Crippen molar-refractivity contribution in [3.05, 3.63) is 12.7 Å². The van der Waals surface area contributed by atoms with Crippen molar-refractivity contribution in [1.82, 2.24) is 0 Å². The van der Waals surface area contributed by atoms with Crippen LogP contribution in [0.15, 0.2) is 12.7 Å². The van der Waals surface area contributed by atoms with Gasteiger partial charge in [0.25, 0.3) is 0 Å². The summed E-state index contributed by atoms with van der Waals surface area (Å²) in [6.45, 7) is 7.30. The third-order valence-electron chi connectivity index (χ3n) is 1.43. The second kappa shape index (κ2) is 6.85. The normalized spacial score (nSPS) is 12.2. The molecule has 0 saturated carbocycles. The van der Waals surface area contributed by atoms with E-state index in [-0.39, 0.29) is 12.1 Å². The predicted molar refractivity (Wildman–Crippen MR) is 46.4 cm³/mol. The van der Waals surface area contributed by atoms with E-state index in [1.165, 1.54) is 0 Å². The van der Waals surface area contributed by atoms with Crippen molar-refractivity contribution in [2.24, 2.45) is 0 Å². The van der Waals surface area contributed by atoms with E-state index >= 15 is 0 Å². The van der Waals surface area contributed by atoms with E-state index in [2.05, 4.69) is 11.5 Å². The lowest BCUT2D eigenvalue weighted by molar-refractivity contribution is -0.294. The van der Waals surface area contributed by atoms with Crippen molar-refractivity contribution in [2.75, 3.05) is 0 Å². The maximum Gasteiger partial charge on any atom is 0.342 e. The van der Waals surface area contributed by atoms with Crippen LogP contribution < -0.4 is 0 Å². The molecular formula is C9H16O3. The van der Waals surface area contributed by atoms with Crippen molar-refractivity contribution in [1.29, 1.82) is 0 Å². The van der Waals surface area contributed by atoms with Crippen LogP contribution in [0.1, 0.15) is 33.1 Å². The van der Waals surface area contributed by atoms with Gasteiger partial charge in [-0.3, -0.25) is 4.89 Å². The van der Waals surface area contributed by atoms with Crippen LogP contribution in [0.2, 0.25) is 0 Å². The molecule has 0 spiro atoms. The van der Waals surface area contributed by atoms with Gasteiger partial charge in [0.05, 0.1) is 6.42 Å². The van der Waals surface area contributed by atoms with E-state index < -0.39 is 0 Å². The summed E-state index contributed by atoms with van der Waals surface area (Å²) in [6, 6.07) is 0. The summed E-state index contributed by atoms with van der Waals surface area (Å²) < 4.78 is 0. The topological polar surface area (TPSA) is 35.5 Å². The van der Waals surface area contributed by atoms with Gasteiger partial charge in [-0.1, -0.05) is 13.0 Å². The highest BCUT2D eigenvalue weighted by atomic mass is 17.2. The molecule has 1 atom stereocenters. The second-order valence-corrected chi connectivity index (χ2v) is 2.60. The van der Waals surface area contributed by atoms with Crippen molar-refractivity contribution >= 4 is 5.97 Å². The van der Waals surface area contributed by atoms with Gasteiger partial charge in [0.15, 0.2) is 0 Å². The molecule has 0 saturated heterocycles. The summed E-state index contributed by atoms with van der Waals surface area (Å²) in [6.07, 6.45) is 3.43. The number of rotatable bonds is 6. The zero-order valence-corrected chi connectivity index (χ0v) is 7.71. The monoisotopic (exact) mass is 172 g/mol. The maximum absolute atomic E-state index is 10.8. The zero-order valence-electron chi connectivity index (χ0n) is 7.71. The molecule has 0 N–H and O–H groups in total. The summed E-state index contributed by atoms with van der Waals surface area (Å²) in [5, 5.41) is 0. The van der Waals surface area contributed by atoms with Crippen LogP contribution in [0.4, 0.5) is 0 Å². The largest absolute Gasteiger partial charge is 0.342 e. The molecule has 0 amide bonds. The highest BCUT2D eigenvalue weighted by Crippen LogP contribution is 1.99.